The number of ether oxygens (including phenoxy) is 2. The lowest BCUT2D eigenvalue weighted by Crippen LogP contribution is -2.45. The highest BCUT2D eigenvalue weighted by atomic mass is 16.6. The van der Waals surface area contributed by atoms with Gasteiger partial charge in [-0.1, -0.05) is 42.5 Å². The minimum absolute atomic E-state index is 0.0244. The molecule has 0 radical (unpaired) electrons. The second kappa shape index (κ2) is 11.9. The van der Waals surface area contributed by atoms with Crippen LogP contribution in [0.5, 0.6) is 0 Å². The molecule has 2 N–H and O–H groups in total. The van der Waals surface area contributed by atoms with Gasteiger partial charge >= 0.3 is 18.0 Å². The number of hydrogen-bond acceptors (Lipinski definition) is 9. The maximum absolute atomic E-state index is 13.0. The fourth-order valence-corrected chi connectivity index (χ4v) is 3.17. The number of aromatic carboxylic acids is 1. The molecule has 0 saturated heterocycles. The molecule has 1 unspecified atom stereocenters. The maximum atomic E-state index is 13.0. The number of carbonyl (C=O) groups is 4. The number of carbonyl (C=O) groups excluding carboxylic acids is 3. The van der Waals surface area contributed by atoms with E-state index in [1.807, 2.05) is 6.07 Å². The number of Topliss-reactive ketones (excluding diaryl/α,β-unsaturated/α-hetero) is 1. The molecule has 0 fully saturated rings. The summed E-state index contributed by atoms with van der Waals surface area (Å²) in [6, 6.07) is 13.6. The summed E-state index contributed by atoms with van der Waals surface area (Å²) in [6.07, 6.45) is -1.32. The monoisotopic (exact) mass is 509 g/mol. The third-order valence-electron chi connectivity index (χ3n) is 4.80. The molecule has 3 rings (SSSR count). The molecule has 1 amide bonds. The van der Waals surface area contributed by atoms with Crippen LogP contribution in [0.4, 0.5) is 4.79 Å². The first kappa shape index (κ1) is 27.0. The van der Waals surface area contributed by atoms with Gasteiger partial charge in [0.05, 0.1) is 12.0 Å². The quantitative estimate of drug-likeness (QED) is 0.388. The van der Waals surface area contributed by atoms with Crippen molar-refractivity contribution in [1.82, 2.24) is 25.5 Å². The van der Waals surface area contributed by atoms with Gasteiger partial charge in [0.1, 0.15) is 24.8 Å². The van der Waals surface area contributed by atoms with Gasteiger partial charge in [-0.25, -0.2) is 9.59 Å². The molecule has 37 heavy (non-hydrogen) atoms. The first-order chi connectivity index (χ1) is 17.5. The molecule has 3 aromatic rings. The van der Waals surface area contributed by atoms with Crippen molar-refractivity contribution in [2.24, 2.45) is 0 Å². The Morgan fingerprint density at radius 3 is 2.46 bits per heavy atom. The Labute approximate surface area is 212 Å². The number of alkyl carbamates (subject to hydrolysis) is 1. The van der Waals surface area contributed by atoms with Crippen molar-refractivity contribution in [2.75, 3.05) is 0 Å². The van der Waals surface area contributed by atoms with Gasteiger partial charge in [0.15, 0.2) is 5.78 Å². The topological polar surface area (TPSA) is 163 Å². The fourth-order valence-electron chi connectivity index (χ4n) is 3.17. The number of aromatic nitrogens is 4. The largest absolute Gasteiger partial charge is 0.478 e. The number of esters is 1. The van der Waals surface area contributed by atoms with Gasteiger partial charge in [-0.15, -0.1) is 10.2 Å². The van der Waals surface area contributed by atoms with Crippen LogP contribution in [-0.4, -0.2) is 60.8 Å². The summed E-state index contributed by atoms with van der Waals surface area (Å²) >= 11 is 0. The second-order valence-electron chi connectivity index (χ2n) is 9.04. The van der Waals surface area contributed by atoms with E-state index in [2.05, 4.69) is 20.7 Å². The zero-order valence-electron chi connectivity index (χ0n) is 20.6. The van der Waals surface area contributed by atoms with Gasteiger partial charge in [0.25, 0.3) is 0 Å². The number of tetrazole rings is 1. The van der Waals surface area contributed by atoms with Crippen LogP contribution in [0, 0.1) is 0 Å². The highest BCUT2D eigenvalue weighted by Gasteiger charge is 2.28. The number of amides is 1. The predicted molar refractivity (Wildman–Crippen MR) is 129 cm³/mol. The molecule has 12 nitrogen and oxygen atoms in total. The van der Waals surface area contributed by atoms with Gasteiger partial charge < -0.3 is 19.9 Å². The summed E-state index contributed by atoms with van der Waals surface area (Å²) in [7, 11) is 0. The minimum atomic E-state index is -1.28. The number of hydrogen-bond donors (Lipinski definition) is 2. The highest BCUT2D eigenvalue weighted by molar-refractivity contribution is 5.91. The summed E-state index contributed by atoms with van der Waals surface area (Å²) < 4.78 is 10.5. The molecular formula is C25H27N5O7. The predicted octanol–water partition coefficient (Wildman–Crippen LogP) is 2.63. The number of benzene rings is 2. The van der Waals surface area contributed by atoms with Crippen molar-refractivity contribution < 1.29 is 33.8 Å². The molecule has 1 aromatic heterocycles. The summed E-state index contributed by atoms with van der Waals surface area (Å²) in [4.78, 5) is 50.0. The van der Waals surface area contributed by atoms with Crippen LogP contribution in [0.25, 0.3) is 11.4 Å². The molecular weight excluding hydrogens is 482 g/mol. The van der Waals surface area contributed by atoms with Crippen molar-refractivity contribution >= 4 is 23.8 Å². The summed E-state index contributed by atoms with van der Waals surface area (Å²) in [5.41, 5.74) is 0.400. The smallest absolute Gasteiger partial charge is 0.408 e. The van der Waals surface area contributed by atoms with Crippen molar-refractivity contribution in [1.29, 1.82) is 0 Å². The van der Waals surface area contributed by atoms with Crippen molar-refractivity contribution in [2.45, 2.75) is 52.0 Å². The summed E-state index contributed by atoms with van der Waals surface area (Å²) in [6.45, 7) is 4.61. The molecule has 0 saturated carbocycles. The molecule has 194 valence electrons. The lowest BCUT2D eigenvalue weighted by atomic mass is 10.1. The molecule has 0 spiro atoms. The van der Waals surface area contributed by atoms with E-state index in [4.69, 9.17) is 9.47 Å². The van der Waals surface area contributed by atoms with Crippen LogP contribution in [0.2, 0.25) is 0 Å². The molecule has 1 atom stereocenters. The van der Waals surface area contributed by atoms with Crippen LogP contribution >= 0.6 is 0 Å². The van der Waals surface area contributed by atoms with Gasteiger partial charge in [-0.2, -0.15) is 4.80 Å². The van der Waals surface area contributed by atoms with E-state index in [9.17, 15) is 24.3 Å². The van der Waals surface area contributed by atoms with Crippen molar-refractivity contribution in [3.8, 4) is 11.4 Å². The van der Waals surface area contributed by atoms with Gasteiger partial charge in [0.2, 0.25) is 5.82 Å². The Hall–Kier alpha value is -4.61. The summed E-state index contributed by atoms with van der Waals surface area (Å²) in [5.74, 6) is -2.29. The number of carboxylic acid groups (broad SMARTS) is 1. The molecule has 0 aliphatic carbocycles. The Morgan fingerprint density at radius 1 is 1.05 bits per heavy atom. The normalized spacial score (nSPS) is 11.9. The average Bonchev–Trinajstić information content (AvgIpc) is 3.30. The zero-order valence-corrected chi connectivity index (χ0v) is 20.6. The first-order valence-electron chi connectivity index (χ1n) is 11.3. The Morgan fingerprint density at radius 2 is 1.78 bits per heavy atom. The Balaban J connectivity index is 1.70. The second-order valence-corrected chi connectivity index (χ2v) is 9.04. The van der Waals surface area contributed by atoms with Crippen LogP contribution < -0.4 is 5.32 Å². The van der Waals surface area contributed by atoms with E-state index in [1.165, 1.54) is 18.2 Å². The van der Waals surface area contributed by atoms with E-state index in [0.29, 0.717) is 5.56 Å². The van der Waals surface area contributed by atoms with Crippen LogP contribution in [0.3, 0.4) is 0 Å². The first-order valence-corrected chi connectivity index (χ1v) is 11.3. The Kier molecular flexibility index (Phi) is 8.67. The number of ketones is 1. The number of nitrogens with zero attached hydrogens (tertiary/aromatic N) is 4. The minimum Gasteiger partial charge on any atom is -0.478 e. The lowest BCUT2D eigenvalue weighted by molar-refractivity contribution is -0.156. The van der Waals surface area contributed by atoms with Crippen LogP contribution in [0.15, 0.2) is 54.6 Å². The van der Waals surface area contributed by atoms with E-state index in [1.54, 1.807) is 51.1 Å². The highest BCUT2D eigenvalue weighted by Crippen LogP contribution is 2.16. The third kappa shape index (κ3) is 8.53. The molecule has 0 aliphatic heterocycles. The third-order valence-corrected chi connectivity index (χ3v) is 4.80. The van der Waals surface area contributed by atoms with Crippen molar-refractivity contribution in [3.05, 3.63) is 65.7 Å². The molecule has 1 heterocycles. The molecule has 0 aliphatic rings. The molecule has 12 heteroatoms. The SMILES string of the molecule is CC(C)(C)OC(=O)CC(NC(=O)OCc1ccccc1)C(=O)Cn1nnc(-c2cccc(C(=O)O)c2)n1. The standard InChI is InChI=1S/C25H27N5O7/c1-25(2,3)37-21(32)13-19(26-24(35)36-15-16-8-5-4-6-9-16)20(31)14-30-28-22(27-29-30)17-10-7-11-18(12-17)23(33)34/h4-12,19H,13-15H2,1-3H3,(H,26,35)(H,33,34). The van der Waals surface area contributed by atoms with Crippen LogP contribution in [0.1, 0.15) is 43.1 Å². The van der Waals surface area contributed by atoms with E-state index in [0.717, 1.165) is 10.4 Å². The van der Waals surface area contributed by atoms with E-state index in [-0.39, 0.29) is 18.0 Å². The molecule has 0 bridgehead atoms. The number of carboxylic acids is 1. The van der Waals surface area contributed by atoms with Crippen molar-refractivity contribution in [3.63, 3.8) is 0 Å². The van der Waals surface area contributed by atoms with E-state index >= 15 is 0 Å². The van der Waals surface area contributed by atoms with Crippen LogP contribution in [-0.2, 0) is 32.2 Å². The Bertz CT molecular complexity index is 1270. The lowest BCUT2D eigenvalue weighted by Gasteiger charge is -2.22. The van der Waals surface area contributed by atoms with Gasteiger partial charge in [-0.05, 0) is 43.7 Å². The van der Waals surface area contributed by atoms with E-state index < -0.39 is 48.4 Å². The summed E-state index contributed by atoms with van der Waals surface area (Å²) in [5, 5.41) is 23.4. The average molecular weight is 510 g/mol. The maximum Gasteiger partial charge on any atom is 0.408 e. The van der Waals surface area contributed by atoms with Gasteiger partial charge in [0, 0.05) is 5.56 Å². The number of nitrogens with one attached hydrogen (secondary N) is 1. The fraction of sp³-hybridized carbons (Fsp3) is 0.320. The molecule has 2 aromatic carbocycles. The zero-order chi connectivity index (χ0) is 27.0. The van der Waals surface area contributed by atoms with Gasteiger partial charge in [-0.3, -0.25) is 9.59 Å². The number of rotatable bonds is 10.